The van der Waals surface area contributed by atoms with Crippen LogP contribution in [-0.4, -0.2) is 63.9 Å². The molecule has 3 heterocycles. The van der Waals surface area contributed by atoms with E-state index >= 15 is 0 Å². The standard InChI is InChI=1S/C14H22N4O3/c1-11-12(16-21-15-11)9-17-6-4-14(10-17)3-2-5-18(7-8-19)13(14)20/h19H,2-10H2,1H3. The smallest absolute Gasteiger partial charge is 0.230 e. The van der Waals surface area contributed by atoms with Crippen molar-refractivity contribution in [3.63, 3.8) is 0 Å². The fourth-order valence-electron chi connectivity index (χ4n) is 3.56. The molecule has 0 radical (unpaired) electrons. The Bertz CT molecular complexity index is 516. The van der Waals surface area contributed by atoms with Crippen LogP contribution in [0.5, 0.6) is 0 Å². The molecule has 1 aromatic rings. The molecule has 21 heavy (non-hydrogen) atoms. The molecule has 1 aromatic heterocycles. The summed E-state index contributed by atoms with van der Waals surface area (Å²) in [7, 11) is 0. The highest BCUT2D eigenvalue weighted by Gasteiger charge is 2.48. The first-order chi connectivity index (χ1) is 10.1. The van der Waals surface area contributed by atoms with Gasteiger partial charge in [0, 0.05) is 26.2 Å². The minimum absolute atomic E-state index is 0.0370. The van der Waals surface area contributed by atoms with E-state index in [0.29, 0.717) is 13.1 Å². The number of piperidine rings is 1. The number of carbonyl (C=O) groups excluding carboxylic acids is 1. The summed E-state index contributed by atoms with van der Waals surface area (Å²) in [5.41, 5.74) is 1.40. The summed E-state index contributed by atoms with van der Waals surface area (Å²) in [4.78, 5) is 16.8. The van der Waals surface area contributed by atoms with Crippen molar-refractivity contribution in [2.45, 2.75) is 32.7 Å². The van der Waals surface area contributed by atoms with Crippen LogP contribution in [0.15, 0.2) is 4.63 Å². The minimum Gasteiger partial charge on any atom is -0.395 e. The maximum absolute atomic E-state index is 12.7. The number of aliphatic hydroxyl groups excluding tert-OH is 1. The Morgan fingerprint density at radius 3 is 2.90 bits per heavy atom. The van der Waals surface area contributed by atoms with Gasteiger partial charge in [-0.2, -0.15) is 0 Å². The maximum Gasteiger partial charge on any atom is 0.230 e. The molecular formula is C14H22N4O3. The van der Waals surface area contributed by atoms with Crippen LogP contribution >= 0.6 is 0 Å². The molecule has 7 nitrogen and oxygen atoms in total. The van der Waals surface area contributed by atoms with Gasteiger partial charge < -0.3 is 10.0 Å². The zero-order valence-corrected chi connectivity index (χ0v) is 12.4. The first-order valence-corrected chi connectivity index (χ1v) is 7.55. The second-order valence-electron chi connectivity index (χ2n) is 6.16. The monoisotopic (exact) mass is 294 g/mol. The number of nitrogens with zero attached hydrogens (tertiary/aromatic N) is 4. The largest absolute Gasteiger partial charge is 0.395 e. The topological polar surface area (TPSA) is 82.7 Å². The Kier molecular flexibility index (Phi) is 3.95. The van der Waals surface area contributed by atoms with Crippen LogP contribution < -0.4 is 0 Å². The molecule has 0 saturated carbocycles. The molecule has 1 spiro atoms. The van der Waals surface area contributed by atoms with Crippen molar-refractivity contribution in [1.29, 1.82) is 0 Å². The molecule has 0 aromatic carbocycles. The van der Waals surface area contributed by atoms with Gasteiger partial charge in [0.05, 0.1) is 12.0 Å². The second kappa shape index (κ2) is 5.73. The predicted molar refractivity (Wildman–Crippen MR) is 74.3 cm³/mol. The van der Waals surface area contributed by atoms with Gasteiger partial charge in [0.25, 0.3) is 0 Å². The maximum atomic E-state index is 12.7. The van der Waals surface area contributed by atoms with Crippen LogP contribution in [0.1, 0.15) is 30.7 Å². The zero-order chi connectivity index (χ0) is 14.9. The summed E-state index contributed by atoms with van der Waals surface area (Å²) in [6, 6.07) is 0. The van der Waals surface area contributed by atoms with Gasteiger partial charge in [-0.15, -0.1) is 0 Å². The minimum atomic E-state index is -0.265. The SMILES string of the molecule is Cc1nonc1CN1CCC2(CCCN(CCO)C2=O)C1. The second-order valence-corrected chi connectivity index (χ2v) is 6.16. The highest BCUT2D eigenvalue weighted by molar-refractivity contribution is 5.84. The lowest BCUT2D eigenvalue weighted by Gasteiger charge is -2.39. The van der Waals surface area contributed by atoms with Crippen molar-refractivity contribution < 1.29 is 14.5 Å². The number of aryl methyl sites for hydroxylation is 1. The van der Waals surface area contributed by atoms with Gasteiger partial charge in [-0.3, -0.25) is 9.69 Å². The summed E-state index contributed by atoms with van der Waals surface area (Å²) in [5.74, 6) is 0.209. The Labute approximate surface area is 123 Å². The molecule has 1 N–H and O–H groups in total. The van der Waals surface area contributed by atoms with E-state index in [1.54, 1.807) is 0 Å². The van der Waals surface area contributed by atoms with Crippen LogP contribution in [0.25, 0.3) is 0 Å². The molecule has 2 fully saturated rings. The first kappa shape index (κ1) is 14.5. The predicted octanol–water partition coefficient (Wildman–Crippen LogP) is 0.185. The van der Waals surface area contributed by atoms with Crippen molar-refractivity contribution in [1.82, 2.24) is 20.1 Å². The molecule has 7 heteroatoms. The highest BCUT2D eigenvalue weighted by atomic mass is 16.6. The third-order valence-corrected chi connectivity index (χ3v) is 4.75. The van der Waals surface area contributed by atoms with Crippen molar-refractivity contribution in [2.24, 2.45) is 5.41 Å². The Morgan fingerprint density at radius 1 is 1.33 bits per heavy atom. The number of likely N-dealkylation sites (tertiary alicyclic amines) is 2. The van der Waals surface area contributed by atoms with E-state index < -0.39 is 0 Å². The number of hydrogen-bond acceptors (Lipinski definition) is 6. The fourth-order valence-corrected chi connectivity index (χ4v) is 3.56. The third-order valence-electron chi connectivity index (χ3n) is 4.75. The fraction of sp³-hybridized carbons (Fsp3) is 0.786. The lowest BCUT2D eigenvalue weighted by Crippen LogP contribution is -2.50. The number of β-amino-alcohol motifs (C(OH)–C–C–N with tert-alkyl or cyclic N) is 1. The van der Waals surface area contributed by atoms with Gasteiger partial charge in [0.1, 0.15) is 11.4 Å². The van der Waals surface area contributed by atoms with E-state index in [9.17, 15) is 4.79 Å². The normalized spacial score (nSPS) is 27.0. The molecule has 116 valence electrons. The van der Waals surface area contributed by atoms with Crippen molar-refractivity contribution in [2.75, 3.05) is 32.8 Å². The number of rotatable bonds is 4. The van der Waals surface area contributed by atoms with Gasteiger partial charge >= 0.3 is 0 Å². The lowest BCUT2D eigenvalue weighted by atomic mass is 9.78. The van der Waals surface area contributed by atoms with Crippen LogP contribution in [0.3, 0.4) is 0 Å². The molecular weight excluding hydrogens is 272 g/mol. The molecule has 1 unspecified atom stereocenters. The van der Waals surface area contributed by atoms with Crippen LogP contribution in [0.4, 0.5) is 0 Å². The number of hydrogen-bond donors (Lipinski definition) is 1. The van der Waals surface area contributed by atoms with Crippen molar-refractivity contribution in [3.8, 4) is 0 Å². The third kappa shape index (κ3) is 2.67. The molecule has 0 bridgehead atoms. The number of aliphatic hydroxyl groups is 1. The van der Waals surface area contributed by atoms with Gasteiger partial charge in [0.2, 0.25) is 5.91 Å². The van der Waals surface area contributed by atoms with Gasteiger partial charge in [-0.05, 0) is 32.7 Å². The zero-order valence-electron chi connectivity index (χ0n) is 12.4. The van der Waals surface area contributed by atoms with Crippen LogP contribution in [0, 0.1) is 12.3 Å². The quantitative estimate of drug-likeness (QED) is 0.853. The van der Waals surface area contributed by atoms with E-state index in [4.69, 9.17) is 9.74 Å². The molecule has 2 aliphatic heterocycles. The van der Waals surface area contributed by atoms with E-state index in [1.165, 1.54) is 0 Å². The summed E-state index contributed by atoms with van der Waals surface area (Å²) in [5, 5.41) is 16.8. The molecule has 0 aliphatic carbocycles. The van der Waals surface area contributed by atoms with Gasteiger partial charge in [-0.25, -0.2) is 4.63 Å². The number of amides is 1. The van der Waals surface area contributed by atoms with Crippen molar-refractivity contribution in [3.05, 3.63) is 11.4 Å². The average molecular weight is 294 g/mol. The summed E-state index contributed by atoms with van der Waals surface area (Å²) < 4.78 is 4.73. The Balaban J connectivity index is 1.67. The summed E-state index contributed by atoms with van der Waals surface area (Å²) in [6.07, 6.45) is 2.85. The lowest BCUT2D eigenvalue weighted by molar-refractivity contribution is -0.146. The summed E-state index contributed by atoms with van der Waals surface area (Å²) >= 11 is 0. The van der Waals surface area contributed by atoms with Crippen LogP contribution in [0.2, 0.25) is 0 Å². The van der Waals surface area contributed by atoms with Crippen LogP contribution in [-0.2, 0) is 11.3 Å². The van der Waals surface area contributed by atoms with E-state index in [1.807, 2.05) is 11.8 Å². The molecule has 2 aliphatic rings. The number of carbonyl (C=O) groups is 1. The first-order valence-electron chi connectivity index (χ1n) is 7.55. The van der Waals surface area contributed by atoms with Crippen molar-refractivity contribution >= 4 is 5.91 Å². The molecule has 3 rings (SSSR count). The molecule has 1 atom stereocenters. The molecule has 2 saturated heterocycles. The van der Waals surface area contributed by atoms with E-state index in [0.717, 1.165) is 50.3 Å². The van der Waals surface area contributed by atoms with E-state index in [-0.39, 0.29) is 17.9 Å². The summed E-state index contributed by atoms with van der Waals surface area (Å²) in [6.45, 7) is 5.48. The highest BCUT2D eigenvalue weighted by Crippen LogP contribution is 2.40. The molecule has 1 amide bonds. The Morgan fingerprint density at radius 2 is 2.19 bits per heavy atom. The Hall–Kier alpha value is -1.47. The number of aromatic nitrogens is 2. The average Bonchev–Trinajstić information content (AvgIpc) is 3.05. The van der Waals surface area contributed by atoms with E-state index in [2.05, 4.69) is 15.2 Å². The van der Waals surface area contributed by atoms with Gasteiger partial charge in [0.15, 0.2) is 0 Å². The van der Waals surface area contributed by atoms with Gasteiger partial charge in [-0.1, -0.05) is 10.3 Å².